The Balaban J connectivity index is 1.44. The van der Waals surface area contributed by atoms with Gasteiger partial charge in [0.1, 0.15) is 6.04 Å². The summed E-state index contributed by atoms with van der Waals surface area (Å²) in [7, 11) is 0. The molecule has 3 heterocycles. The second-order valence-corrected chi connectivity index (χ2v) is 9.67. The number of nitrogens with one attached hydrogen (secondary N) is 1. The molecule has 0 aliphatic carbocycles. The SMILES string of the molecule is CCOC(=O)c1ccc(N2C(=O)C3Cc4c([nH]c5ccccc45)C(c4ccc(Cl)cc4)N3C2=S)cc1. The molecule has 8 heteroatoms. The van der Waals surface area contributed by atoms with E-state index in [1.165, 1.54) is 0 Å². The minimum Gasteiger partial charge on any atom is -0.462 e. The molecule has 180 valence electrons. The van der Waals surface area contributed by atoms with Crippen LogP contribution in [0.2, 0.25) is 5.02 Å². The second kappa shape index (κ2) is 8.76. The molecule has 1 saturated heterocycles. The molecule has 0 bridgehead atoms. The number of ether oxygens (including phenoxy) is 1. The average molecular weight is 516 g/mol. The molecule has 6 rings (SSSR count). The molecule has 1 amide bonds. The van der Waals surface area contributed by atoms with E-state index in [4.69, 9.17) is 28.6 Å². The monoisotopic (exact) mass is 515 g/mol. The lowest BCUT2D eigenvalue weighted by Crippen LogP contribution is -2.44. The first-order valence-electron chi connectivity index (χ1n) is 11.8. The minimum atomic E-state index is -0.449. The number of H-pyrrole nitrogens is 1. The number of anilines is 1. The van der Waals surface area contributed by atoms with Gasteiger partial charge in [0.25, 0.3) is 5.91 Å². The normalized spacial score (nSPS) is 18.9. The summed E-state index contributed by atoms with van der Waals surface area (Å²) in [5, 5.41) is 2.19. The smallest absolute Gasteiger partial charge is 0.338 e. The molecule has 2 aliphatic rings. The summed E-state index contributed by atoms with van der Waals surface area (Å²) in [4.78, 5) is 33.1. The highest BCUT2D eigenvalue weighted by molar-refractivity contribution is 7.80. The van der Waals surface area contributed by atoms with Gasteiger partial charge in [0.2, 0.25) is 0 Å². The van der Waals surface area contributed by atoms with Crippen molar-refractivity contribution in [3.05, 3.63) is 100 Å². The summed E-state index contributed by atoms with van der Waals surface area (Å²) in [6, 6.07) is 21.9. The molecule has 1 aromatic heterocycles. The Morgan fingerprint density at radius 1 is 1.08 bits per heavy atom. The Bertz CT molecular complexity index is 1510. The van der Waals surface area contributed by atoms with Crippen LogP contribution in [0.25, 0.3) is 10.9 Å². The number of fused-ring (bicyclic) bond motifs is 4. The van der Waals surface area contributed by atoms with Gasteiger partial charge in [-0.1, -0.05) is 41.9 Å². The molecule has 0 radical (unpaired) electrons. The third kappa shape index (κ3) is 3.50. The number of halogens is 1. The molecular weight excluding hydrogens is 494 g/mol. The van der Waals surface area contributed by atoms with Crippen molar-refractivity contribution in [1.82, 2.24) is 9.88 Å². The number of aromatic amines is 1. The maximum atomic E-state index is 13.8. The fraction of sp³-hybridized carbons (Fsp3) is 0.179. The highest BCUT2D eigenvalue weighted by atomic mass is 35.5. The average Bonchev–Trinajstić information content (AvgIpc) is 3.38. The zero-order valence-corrected chi connectivity index (χ0v) is 21.0. The van der Waals surface area contributed by atoms with Gasteiger partial charge in [0.05, 0.1) is 23.9 Å². The van der Waals surface area contributed by atoms with E-state index >= 15 is 0 Å². The van der Waals surface area contributed by atoms with Crippen LogP contribution in [0.3, 0.4) is 0 Å². The molecule has 2 unspecified atom stereocenters. The van der Waals surface area contributed by atoms with Crippen LogP contribution in [0.5, 0.6) is 0 Å². The number of benzene rings is 3. The Kier molecular flexibility index (Phi) is 5.54. The van der Waals surface area contributed by atoms with Crippen molar-refractivity contribution in [1.29, 1.82) is 0 Å². The van der Waals surface area contributed by atoms with Crippen molar-refractivity contribution >= 4 is 57.4 Å². The molecule has 0 saturated carbocycles. The highest BCUT2D eigenvalue weighted by Crippen LogP contribution is 2.45. The summed E-state index contributed by atoms with van der Waals surface area (Å²) in [5.74, 6) is -0.483. The lowest BCUT2D eigenvalue weighted by Gasteiger charge is -2.37. The molecular formula is C28H22ClN3O3S. The summed E-state index contributed by atoms with van der Waals surface area (Å²) >= 11 is 12.1. The first-order chi connectivity index (χ1) is 17.5. The topological polar surface area (TPSA) is 65.6 Å². The first kappa shape index (κ1) is 22.8. The predicted molar refractivity (Wildman–Crippen MR) is 143 cm³/mol. The van der Waals surface area contributed by atoms with Crippen LogP contribution in [0.1, 0.15) is 40.1 Å². The van der Waals surface area contributed by atoms with E-state index in [0.717, 1.165) is 27.7 Å². The van der Waals surface area contributed by atoms with Crippen molar-refractivity contribution in [3.63, 3.8) is 0 Å². The van der Waals surface area contributed by atoms with Crippen molar-refractivity contribution in [2.45, 2.75) is 25.4 Å². The molecule has 2 atom stereocenters. The van der Waals surface area contributed by atoms with Crippen molar-refractivity contribution in [2.24, 2.45) is 0 Å². The number of hydrogen-bond acceptors (Lipinski definition) is 4. The van der Waals surface area contributed by atoms with Crippen molar-refractivity contribution in [2.75, 3.05) is 11.5 Å². The van der Waals surface area contributed by atoms with Crippen LogP contribution in [-0.4, -0.2) is 39.5 Å². The van der Waals surface area contributed by atoms with Crippen LogP contribution in [0, 0.1) is 0 Å². The number of nitrogens with zero attached hydrogens (tertiary/aromatic N) is 2. The number of amides is 1. The highest BCUT2D eigenvalue weighted by Gasteiger charge is 2.51. The quantitative estimate of drug-likeness (QED) is 0.281. The van der Waals surface area contributed by atoms with E-state index in [1.54, 1.807) is 36.1 Å². The summed E-state index contributed by atoms with van der Waals surface area (Å²) in [6.45, 7) is 2.06. The standard InChI is InChI=1S/C28H22ClN3O3S/c1-2-35-27(34)17-9-13-19(14-10-17)31-26(33)23-15-21-20-5-3-4-6-22(20)30-24(21)25(32(23)28(31)36)16-7-11-18(29)12-8-16/h3-14,23,25,30H,2,15H2,1H3. The predicted octanol–water partition coefficient (Wildman–Crippen LogP) is 5.65. The van der Waals surface area contributed by atoms with E-state index < -0.39 is 12.0 Å². The number of rotatable bonds is 4. The largest absolute Gasteiger partial charge is 0.462 e. The molecule has 1 N–H and O–H groups in total. The van der Waals surface area contributed by atoms with Gasteiger partial charge in [-0.05, 0) is 72.7 Å². The van der Waals surface area contributed by atoms with Crippen LogP contribution in [0.15, 0.2) is 72.8 Å². The van der Waals surface area contributed by atoms with Gasteiger partial charge in [0, 0.05) is 28.0 Å². The van der Waals surface area contributed by atoms with Crippen molar-refractivity contribution < 1.29 is 14.3 Å². The van der Waals surface area contributed by atoms with Crippen LogP contribution >= 0.6 is 23.8 Å². The number of esters is 1. The number of carbonyl (C=O) groups is 2. The second-order valence-electron chi connectivity index (χ2n) is 8.87. The van der Waals surface area contributed by atoms with E-state index in [2.05, 4.69) is 17.1 Å². The maximum absolute atomic E-state index is 13.8. The fourth-order valence-corrected chi connectivity index (χ4v) is 5.82. The Hall–Kier alpha value is -3.68. The molecule has 6 nitrogen and oxygen atoms in total. The molecule has 4 aromatic rings. The van der Waals surface area contributed by atoms with E-state index in [1.807, 2.05) is 41.3 Å². The fourth-order valence-electron chi connectivity index (χ4n) is 5.26. The number of carbonyl (C=O) groups excluding carboxylic acids is 2. The van der Waals surface area contributed by atoms with E-state index in [-0.39, 0.29) is 11.9 Å². The van der Waals surface area contributed by atoms with E-state index in [0.29, 0.717) is 34.4 Å². The molecule has 3 aromatic carbocycles. The van der Waals surface area contributed by atoms with Gasteiger partial charge >= 0.3 is 5.97 Å². The van der Waals surface area contributed by atoms with Crippen LogP contribution in [0.4, 0.5) is 5.69 Å². The number of para-hydroxylation sites is 1. The van der Waals surface area contributed by atoms with Gasteiger partial charge in [-0.25, -0.2) is 4.79 Å². The van der Waals surface area contributed by atoms with Gasteiger partial charge in [0.15, 0.2) is 5.11 Å². The Labute approximate surface area is 218 Å². The first-order valence-corrected chi connectivity index (χ1v) is 12.5. The van der Waals surface area contributed by atoms with Crippen LogP contribution in [-0.2, 0) is 16.0 Å². The zero-order chi connectivity index (χ0) is 25.0. The summed E-state index contributed by atoms with van der Waals surface area (Å²) < 4.78 is 5.08. The number of thiocarbonyl (C=S) groups is 1. The third-order valence-corrected chi connectivity index (χ3v) is 7.52. The molecule has 0 spiro atoms. The summed E-state index contributed by atoms with van der Waals surface area (Å²) in [5.41, 5.74) is 5.23. The maximum Gasteiger partial charge on any atom is 0.338 e. The Morgan fingerprint density at radius 2 is 1.81 bits per heavy atom. The van der Waals surface area contributed by atoms with Gasteiger partial charge in [-0.3, -0.25) is 9.69 Å². The van der Waals surface area contributed by atoms with Crippen LogP contribution < -0.4 is 4.90 Å². The van der Waals surface area contributed by atoms with Gasteiger partial charge in [-0.15, -0.1) is 0 Å². The van der Waals surface area contributed by atoms with Gasteiger partial charge in [-0.2, -0.15) is 0 Å². The zero-order valence-electron chi connectivity index (χ0n) is 19.4. The summed E-state index contributed by atoms with van der Waals surface area (Å²) in [6.07, 6.45) is 0.541. The molecule has 1 fully saturated rings. The lowest BCUT2D eigenvalue weighted by atomic mass is 9.89. The minimum absolute atomic E-state index is 0.0845. The molecule has 2 aliphatic heterocycles. The van der Waals surface area contributed by atoms with Gasteiger partial charge < -0.3 is 14.6 Å². The third-order valence-electron chi connectivity index (χ3n) is 6.87. The molecule has 36 heavy (non-hydrogen) atoms. The Morgan fingerprint density at radius 3 is 2.53 bits per heavy atom. The number of hydrogen-bond donors (Lipinski definition) is 1. The lowest BCUT2D eigenvalue weighted by molar-refractivity contribution is -0.120. The van der Waals surface area contributed by atoms with Crippen molar-refractivity contribution in [3.8, 4) is 0 Å². The van der Waals surface area contributed by atoms with E-state index in [9.17, 15) is 9.59 Å². The number of aromatic nitrogens is 1.